The second-order valence-electron chi connectivity index (χ2n) is 4.87. The van der Waals surface area contributed by atoms with E-state index in [2.05, 4.69) is 4.90 Å². The van der Waals surface area contributed by atoms with Crippen molar-refractivity contribution in [3.05, 3.63) is 29.8 Å². The Bertz CT molecular complexity index is 416. The van der Waals surface area contributed by atoms with Crippen LogP contribution in [0, 0.1) is 17.6 Å². The Balaban J connectivity index is 1.72. The minimum atomic E-state index is -0.761. The lowest BCUT2D eigenvalue weighted by Gasteiger charge is -2.44. The molecule has 1 atom stereocenters. The van der Waals surface area contributed by atoms with Crippen LogP contribution in [0.25, 0.3) is 0 Å². The van der Waals surface area contributed by atoms with E-state index in [0.717, 1.165) is 17.4 Å². The third-order valence-electron chi connectivity index (χ3n) is 3.77. The SMILES string of the molecule is Fc1ccc(S[C@H]2CN3CCC2CC3)cc1F. The Labute approximate surface area is 104 Å². The van der Waals surface area contributed by atoms with Gasteiger partial charge in [-0.25, -0.2) is 8.78 Å². The van der Waals surface area contributed by atoms with E-state index in [4.69, 9.17) is 0 Å². The molecule has 1 aromatic rings. The number of nitrogens with zero attached hydrogens (tertiary/aromatic N) is 1. The average Bonchev–Trinajstić information content (AvgIpc) is 2.35. The molecule has 0 unspecified atom stereocenters. The number of halogens is 2. The standard InChI is InChI=1S/C13H15F2NS/c14-11-2-1-10(7-12(11)15)17-13-8-16-5-3-9(13)4-6-16/h1-2,7,9,13H,3-6,8H2/t13-/m0/s1. The van der Waals surface area contributed by atoms with Gasteiger partial charge in [-0.3, -0.25) is 0 Å². The zero-order valence-electron chi connectivity index (χ0n) is 9.53. The van der Waals surface area contributed by atoms with E-state index >= 15 is 0 Å². The molecule has 0 saturated carbocycles. The summed E-state index contributed by atoms with van der Waals surface area (Å²) in [6.45, 7) is 3.51. The molecular weight excluding hydrogens is 240 g/mol. The highest BCUT2D eigenvalue weighted by Crippen LogP contribution is 2.38. The van der Waals surface area contributed by atoms with Crippen molar-refractivity contribution < 1.29 is 8.78 Å². The Morgan fingerprint density at radius 3 is 2.47 bits per heavy atom. The van der Waals surface area contributed by atoms with Crippen molar-refractivity contribution in [2.45, 2.75) is 23.0 Å². The number of hydrogen-bond donors (Lipinski definition) is 0. The number of benzene rings is 1. The van der Waals surface area contributed by atoms with Crippen molar-refractivity contribution in [3.63, 3.8) is 0 Å². The van der Waals surface area contributed by atoms with E-state index in [1.807, 2.05) is 0 Å². The van der Waals surface area contributed by atoms with Gasteiger partial charge >= 0.3 is 0 Å². The highest BCUT2D eigenvalue weighted by Gasteiger charge is 2.34. The van der Waals surface area contributed by atoms with Gasteiger partial charge in [0.2, 0.25) is 0 Å². The molecule has 0 radical (unpaired) electrons. The molecule has 3 fully saturated rings. The number of rotatable bonds is 2. The quantitative estimate of drug-likeness (QED) is 0.798. The van der Waals surface area contributed by atoms with Gasteiger partial charge in [-0.2, -0.15) is 0 Å². The molecule has 0 aromatic heterocycles. The molecule has 3 aliphatic heterocycles. The molecule has 2 bridgehead atoms. The third kappa shape index (κ3) is 2.33. The van der Waals surface area contributed by atoms with Crippen molar-refractivity contribution in [1.82, 2.24) is 4.90 Å². The fourth-order valence-electron chi connectivity index (χ4n) is 2.77. The maximum absolute atomic E-state index is 13.1. The minimum Gasteiger partial charge on any atom is -0.302 e. The second-order valence-corrected chi connectivity index (χ2v) is 6.18. The molecule has 1 aromatic carbocycles. The average molecular weight is 255 g/mol. The van der Waals surface area contributed by atoms with E-state index in [0.29, 0.717) is 5.25 Å². The predicted molar refractivity (Wildman–Crippen MR) is 65.2 cm³/mol. The first kappa shape index (κ1) is 11.5. The van der Waals surface area contributed by atoms with Crippen LogP contribution in [0.4, 0.5) is 8.78 Å². The first-order valence-electron chi connectivity index (χ1n) is 6.06. The summed E-state index contributed by atoms with van der Waals surface area (Å²) in [5.41, 5.74) is 0. The topological polar surface area (TPSA) is 3.24 Å². The lowest BCUT2D eigenvalue weighted by molar-refractivity contribution is 0.118. The van der Waals surface area contributed by atoms with Gasteiger partial charge < -0.3 is 4.90 Å². The summed E-state index contributed by atoms with van der Waals surface area (Å²) < 4.78 is 26.0. The zero-order chi connectivity index (χ0) is 11.8. The fraction of sp³-hybridized carbons (Fsp3) is 0.538. The van der Waals surface area contributed by atoms with E-state index in [1.54, 1.807) is 17.8 Å². The molecule has 0 spiro atoms. The predicted octanol–water partition coefficient (Wildman–Crippen LogP) is 3.15. The summed E-state index contributed by atoms with van der Waals surface area (Å²) in [6.07, 6.45) is 2.50. The van der Waals surface area contributed by atoms with Gasteiger partial charge in [-0.1, -0.05) is 0 Å². The molecule has 0 aliphatic carbocycles. The maximum atomic E-state index is 13.1. The van der Waals surface area contributed by atoms with Crippen LogP contribution in [-0.2, 0) is 0 Å². The van der Waals surface area contributed by atoms with Gasteiger partial charge in [0.1, 0.15) is 0 Å². The summed E-state index contributed by atoms with van der Waals surface area (Å²) in [5.74, 6) is -0.752. The smallest absolute Gasteiger partial charge is 0.159 e. The number of hydrogen-bond acceptors (Lipinski definition) is 2. The molecule has 4 rings (SSSR count). The van der Waals surface area contributed by atoms with Gasteiger partial charge in [-0.15, -0.1) is 11.8 Å². The Morgan fingerprint density at radius 1 is 1.12 bits per heavy atom. The third-order valence-corrected chi connectivity index (χ3v) is 5.14. The van der Waals surface area contributed by atoms with Crippen molar-refractivity contribution >= 4 is 11.8 Å². The van der Waals surface area contributed by atoms with Crippen LogP contribution in [0.15, 0.2) is 23.1 Å². The van der Waals surface area contributed by atoms with Crippen LogP contribution in [0.3, 0.4) is 0 Å². The van der Waals surface area contributed by atoms with Crippen molar-refractivity contribution in [1.29, 1.82) is 0 Å². The lowest BCUT2D eigenvalue weighted by Crippen LogP contribution is -2.48. The molecule has 3 saturated heterocycles. The number of fused-ring (bicyclic) bond motifs is 3. The van der Waals surface area contributed by atoms with Gasteiger partial charge in [0, 0.05) is 16.7 Å². The van der Waals surface area contributed by atoms with Gasteiger partial charge in [0.05, 0.1) is 0 Å². The molecule has 0 amide bonds. The van der Waals surface area contributed by atoms with E-state index in [9.17, 15) is 8.78 Å². The van der Waals surface area contributed by atoms with Gasteiger partial charge in [0.25, 0.3) is 0 Å². The molecule has 1 nitrogen and oxygen atoms in total. The fourth-order valence-corrected chi connectivity index (χ4v) is 4.19. The molecule has 3 heterocycles. The first-order chi connectivity index (χ1) is 8.22. The van der Waals surface area contributed by atoms with Gasteiger partial charge in [0.15, 0.2) is 11.6 Å². The summed E-state index contributed by atoms with van der Waals surface area (Å²) in [6, 6.07) is 4.22. The molecule has 4 heteroatoms. The van der Waals surface area contributed by atoms with Crippen molar-refractivity contribution in [2.24, 2.45) is 5.92 Å². The van der Waals surface area contributed by atoms with Crippen LogP contribution in [-0.4, -0.2) is 29.8 Å². The minimum absolute atomic E-state index is 0.544. The van der Waals surface area contributed by atoms with Crippen molar-refractivity contribution in [3.8, 4) is 0 Å². The largest absolute Gasteiger partial charge is 0.302 e. The zero-order valence-corrected chi connectivity index (χ0v) is 10.4. The second kappa shape index (κ2) is 4.58. The van der Waals surface area contributed by atoms with Crippen LogP contribution in [0.5, 0.6) is 0 Å². The number of piperidine rings is 3. The van der Waals surface area contributed by atoms with E-state index in [-0.39, 0.29) is 0 Å². The highest BCUT2D eigenvalue weighted by atomic mass is 32.2. The van der Waals surface area contributed by atoms with Crippen LogP contribution >= 0.6 is 11.8 Å². The molecule has 0 N–H and O–H groups in total. The highest BCUT2D eigenvalue weighted by molar-refractivity contribution is 8.00. The van der Waals surface area contributed by atoms with Crippen LogP contribution in [0.1, 0.15) is 12.8 Å². The lowest BCUT2D eigenvalue weighted by atomic mass is 9.88. The van der Waals surface area contributed by atoms with E-state index < -0.39 is 11.6 Å². The summed E-state index contributed by atoms with van der Waals surface area (Å²) in [5, 5.41) is 0.544. The Morgan fingerprint density at radius 2 is 1.88 bits per heavy atom. The van der Waals surface area contributed by atoms with Crippen molar-refractivity contribution in [2.75, 3.05) is 19.6 Å². The van der Waals surface area contributed by atoms with Crippen LogP contribution < -0.4 is 0 Å². The van der Waals surface area contributed by atoms with Crippen LogP contribution in [0.2, 0.25) is 0 Å². The summed E-state index contributed by atoms with van der Waals surface area (Å²) in [7, 11) is 0. The summed E-state index contributed by atoms with van der Waals surface area (Å²) in [4.78, 5) is 3.32. The monoisotopic (exact) mass is 255 g/mol. The normalized spacial score (nSPS) is 31.8. The number of thioether (sulfide) groups is 1. The Hall–Kier alpha value is -0.610. The molecular formula is C13H15F2NS. The Kier molecular flexibility index (Phi) is 3.09. The molecule has 3 aliphatic rings. The first-order valence-corrected chi connectivity index (χ1v) is 6.94. The van der Waals surface area contributed by atoms with Gasteiger partial charge in [-0.05, 0) is 50.0 Å². The molecule has 17 heavy (non-hydrogen) atoms. The summed E-state index contributed by atoms with van der Waals surface area (Å²) >= 11 is 1.70. The molecule has 92 valence electrons. The maximum Gasteiger partial charge on any atom is 0.159 e. The van der Waals surface area contributed by atoms with E-state index in [1.165, 1.54) is 38.1 Å².